The van der Waals surface area contributed by atoms with Gasteiger partial charge in [-0.1, -0.05) is 24.6 Å². The van der Waals surface area contributed by atoms with Crippen LogP contribution in [0.5, 0.6) is 0 Å². The van der Waals surface area contributed by atoms with Gasteiger partial charge in [-0.3, -0.25) is 14.4 Å². The topological polar surface area (TPSA) is 78.5 Å². The minimum absolute atomic E-state index is 0.0933. The number of imide groups is 1. The molecule has 4 rings (SSSR count). The van der Waals surface area contributed by atoms with E-state index in [1.165, 1.54) is 0 Å². The van der Waals surface area contributed by atoms with Crippen molar-refractivity contribution in [3.8, 4) is 0 Å². The summed E-state index contributed by atoms with van der Waals surface area (Å²) in [4.78, 5) is 38.7. The predicted molar refractivity (Wildman–Crippen MR) is 98.3 cm³/mol. The van der Waals surface area contributed by atoms with Gasteiger partial charge in [-0.2, -0.15) is 0 Å². The van der Waals surface area contributed by atoms with Crippen LogP contribution >= 0.6 is 0 Å². The van der Waals surface area contributed by atoms with Crippen molar-refractivity contribution in [3.63, 3.8) is 0 Å². The normalized spacial score (nSPS) is 19.4. The summed E-state index contributed by atoms with van der Waals surface area (Å²) in [6.07, 6.45) is 2.92. The number of amides is 3. The van der Waals surface area contributed by atoms with Crippen LogP contribution in [0.25, 0.3) is 0 Å². The third kappa shape index (κ3) is 2.88. The summed E-state index contributed by atoms with van der Waals surface area (Å²) in [5.74, 6) is -0.782. The van der Waals surface area contributed by atoms with Gasteiger partial charge in [0.1, 0.15) is 0 Å². The first kappa shape index (κ1) is 16.5. The highest BCUT2D eigenvalue weighted by molar-refractivity contribution is 6.34. The lowest BCUT2D eigenvalue weighted by Gasteiger charge is -2.23. The molecule has 1 fully saturated rings. The van der Waals surface area contributed by atoms with E-state index in [1.54, 1.807) is 48.5 Å². The Morgan fingerprint density at radius 1 is 1.00 bits per heavy atom. The van der Waals surface area contributed by atoms with Crippen molar-refractivity contribution in [2.75, 3.05) is 16.8 Å². The van der Waals surface area contributed by atoms with Crippen molar-refractivity contribution in [2.45, 2.75) is 25.3 Å². The Bertz CT molecular complexity index is 852. The van der Waals surface area contributed by atoms with Crippen LogP contribution in [0.2, 0.25) is 0 Å². The van der Waals surface area contributed by atoms with Crippen molar-refractivity contribution >= 4 is 29.1 Å². The van der Waals surface area contributed by atoms with Crippen LogP contribution in [0.4, 0.5) is 11.4 Å². The average Bonchev–Trinajstić information content (AvgIpc) is 2.94. The van der Waals surface area contributed by atoms with E-state index in [0.29, 0.717) is 22.5 Å². The lowest BCUT2D eigenvalue weighted by atomic mass is 10.0. The maximum absolute atomic E-state index is 12.6. The third-order valence-electron chi connectivity index (χ3n) is 4.79. The van der Waals surface area contributed by atoms with Crippen molar-refractivity contribution in [3.05, 3.63) is 59.7 Å². The first-order chi connectivity index (χ1) is 12.6. The average molecular weight is 349 g/mol. The standard InChI is InChI=1S/C20H19N3O3/c24-18(17-10-3-4-11-21-17)22-13-6-5-7-14(12-13)23-19(25)15-8-1-2-9-16(15)20(23)26/h1-2,5-9,12,17,21H,3-4,10-11H2,(H,22,24). The van der Waals surface area contributed by atoms with E-state index >= 15 is 0 Å². The van der Waals surface area contributed by atoms with Gasteiger partial charge < -0.3 is 10.6 Å². The monoisotopic (exact) mass is 349 g/mol. The van der Waals surface area contributed by atoms with E-state index < -0.39 is 0 Å². The molecule has 132 valence electrons. The van der Waals surface area contributed by atoms with Crippen LogP contribution in [0, 0.1) is 0 Å². The zero-order valence-electron chi connectivity index (χ0n) is 14.2. The molecule has 1 unspecified atom stereocenters. The smallest absolute Gasteiger partial charge is 0.266 e. The second-order valence-corrected chi connectivity index (χ2v) is 6.53. The summed E-state index contributed by atoms with van der Waals surface area (Å²) in [5, 5.41) is 6.08. The molecule has 1 saturated heterocycles. The highest BCUT2D eigenvalue weighted by atomic mass is 16.2. The Labute approximate surface area is 151 Å². The molecule has 2 N–H and O–H groups in total. The summed E-state index contributed by atoms with van der Waals surface area (Å²) in [5.41, 5.74) is 1.82. The molecule has 6 heteroatoms. The molecule has 0 saturated carbocycles. The summed E-state index contributed by atoms with van der Waals surface area (Å²) in [6, 6.07) is 13.4. The lowest BCUT2D eigenvalue weighted by Crippen LogP contribution is -2.43. The van der Waals surface area contributed by atoms with Gasteiger partial charge in [-0.15, -0.1) is 0 Å². The Kier molecular flexibility index (Phi) is 4.26. The highest BCUT2D eigenvalue weighted by Gasteiger charge is 2.36. The van der Waals surface area contributed by atoms with E-state index in [4.69, 9.17) is 0 Å². The van der Waals surface area contributed by atoms with Gasteiger partial charge in [-0.05, 0) is 49.7 Å². The number of hydrogen-bond acceptors (Lipinski definition) is 4. The van der Waals surface area contributed by atoms with Crippen LogP contribution < -0.4 is 15.5 Å². The number of nitrogens with zero attached hydrogens (tertiary/aromatic N) is 1. The molecule has 0 bridgehead atoms. The summed E-state index contributed by atoms with van der Waals surface area (Å²) in [7, 11) is 0. The van der Waals surface area contributed by atoms with Gasteiger partial charge >= 0.3 is 0 Å². The van der Waals surface area contributed by atoms with Crippen molar-refractivity contribution in [1.82, 2.24) is 5.32 Å². The van der Waals surface area contributed by atoms with Crippen LogP contribution in [0.3, 0.4) is 0 Å². The number of carbonyl (C=O) groups excluding carboxylic acids is 3. The van der Waals surface area contributed by atoms with E-state index in [0.717, 1.165) is 30.7 Å². The minimum atomic E-state index is -0.344. The number of piperidine rings is 1. The molecule has 2 aliphatic heterocycles. The van der Waals surface area contributed by atoms with E-state index in [1.807, 2.05) is 0 Å². The van der Waals surface area contributed by atoms with Gasteiger partial charge in [0.15, 0.2) is 0 Å². The van der Waals surface area contributed by atoms with Gasteiger partial charge in [0, 0.05) is 5.69 Å². The zero-order valence-corrected chi connectivity index (χ0v) is 14.2. The Hall–Kier alpha value is -2.99. The van der Waals surface area contributed by atoms with Gasteiger partial charge in [0.2, 0.25) is 5.91 Å². The van der Waals surface area contributed by atoms with Crippen molar-refractivity contribution < 1.29 is 14.4 Å². The van der Waals surface area contributed by atoms with Gasteiger partial charge in [0.05, 0.1) is 22.9 Å². The van der Waals surface area contributed by atoms with Crippen molar-refractivity contribution in [1.29, 1.82) is 0 Å². The number of rotatable bonds is 3. The Morgan fingerprint density at radius 2 is 1.73 bits per heavy atom. The van der Waals surface area contributed by atoms with Crippen molar-refractivity contribution in [2.24, 2.45) is 0 Å². The first-order valence-electron chi connectivity index (χ1n) is 8.77. The second-order valence-electron chi connectivity index (χ2n) is 6.53. The van der Waals surface area contributed by atoms with E-state index in [9.17, 15) is 14.4 Å². The highest BCUT2D eigenvalue weighted by Crippen LogP contribution is 2.29. The quantitative estimate of drug-likeness (QED) is 0.835. The molecule has 1 atom stereocenters. The number of nitrogens with one attached hydrogen (secondary N) is 2. The minimum Gasteiger partial charge on any atom is -0.325 e. The van der Waals surface area contributed by atoms with Gasteiger partial charge in [-0.25, -0.2) is 4.90 Å². The number of hydrogen-bond donors (Lipinski definition) is 2. The van der Waals surface area contributed by atoms with E-state index in [-0.39, 0.29) is 23.8 Å². The maximum atomic E-state index is 12.6. The molecule has 0 spiro atoms. The molecule has 0 radical (unpaired) electrons. The number of carbonyl (C=O) groups is 3. The summed E-state index contributed by atoms with van der Waals surface area (Å²) in [6.45, 7) is 0.840. The zero-order chi connectivity index (χ0) is 18.1. The fourth-order valence-corrected chi connectivity index (χ4v) is 3.45. The molecule has 0 aromatic heterocycles. The van der Waals surface area contributed by atoms with Crippen LogP contribution in [-0.4, -0.2) is 30.3 Å². The van der Waals surface area contributed by atoms with Crippen LogP contribution in [0.15, 0.2) is 48.5 Å². The number of anilines is 2. The predicted octanol–water partition coefficient (Wildman–Crippen LogP) is 2.57. The molecule has 2 aromatic rings. The van der Waals surface area contributed by atoms with E-state index in [2.05, 4.69) is 10.6 Å². The second kappa shape index (κ2) is 6.72. The lowest BCUT2D eigenvalue weighted by molar-refractivity contribution is -0.118. The molecular weight excluding hydrogens is 330 g/mol. The first-order valence-corrected chi connectivity index (χ1v) is 8.77. The summed E-state index contributed by atoms with van der Waals surface area (Å²) >= 11 is 0. The molecule has 2 heterocycles. The van der Waals surface area contributed by atoms with Crippen LogP contribution in [0.1, 0.15) is 40.0 Å². The molecule has 2 aromatic carbocycles. The fourth-order valence-electron chi connectivity index (χ4n) is 3.45. The molecule has 6 nitrogen and oxygen atoms in total. The van der Waals surface area contributed by atoms with Gasteiger partial charge in [0.25, 0.3) is 11.8 Å². The maximum Gasteiger partial charge on any atom is 0.266 e. The summed E-state index contributed by atoms with van der Waals surface area (Å²) < 4.78 is 0. The fraction of sp³-hybridized carbons (Fsp3) is 0.250. The largest absolute Gasteiger partial charge is 0.325 e. The molecule has 0 aliphatic carbocycles. The van der Waals surface area contributed by atoms with Crippen LogP contribution in [-0.2, 0) is 4.79 Å². The molecule has 3 amide bonds. The number of fused-ring (bicyclic) bond motifs is 1. The molecule has 2 aliphatic rings. The molecular formula is C20H19N3O3. The SMILES string of the molecule is O=C(Nc1cccc(N2C(=O)c3ccccc3C2=O)c1)C1CCCCN1. The molecule has 26 heavy (non-hydrogen) atoms. The number of benzene rings is 2. The third-order valence-corrected chi connectivity index (χ3v) is 4.79. The Morgan fingerprint density at radius 3 is 2.38 bits per heavy atom. The Balaban J connectivity index is 1.56.